The predicted octanol–water partition coefficient (Wildman–Crippen LogP) is 3.66. The van der Waals surface area contributed by atoms with Crippen molar-refractivity contribution in [1.82, 2.24) is 5.32 Å². The van der Waals surface area contributed by atoms with E-state index in [1.807, 2.05) is 37.3 Å². The highest BCUT2D eigenvalue weighted by molar-refractivity contribution is 9.10. The van der Waals surface area contributed by atoms with Crippen molar-refractivity contribution >= 4 is 27.5 Å². The lowest BCUT2D eigenvalue weighted by molar-refractivity contribution is 0.102. The van der Waals surface area contributed by atoms with Gasteiger partial charge in [-0.3, -0.25) is 4.79 Å². The van der Waals surface area contributed by atoms with Gasteiger partial charge in [-0.25, -0.2) is 0 Å². The first-order valence-electron chi connectivity index (χ1n) is 7.04. The maximum Gasteiger partial charge on any atom is 0.255 e. The molecule has 4 heteroatoms. The number of hydrogen-bond donors (Lipinski definition) is 2. The quantitative estimate of drug-likeness (QED) is 0.872. The van der Waals surface area contributed by atoms with Crippen LogP contribution in [0.3, 0.4) is 0 Å². The van der Waals surface area contributed by atoms with Gasteiger partial charge in [0.05, 0.1) is 0 Å². The van der Waals surface area contributed by atoms with Gasteiger partial charge in [0.2, 0.25) is 0 Å². The zero-order valence-electron chi connectivity index (χ0n) is 11.9. The lowest BCUT2D eigenvalue weighted by Crippen LogP contribution is -2.25. The van der Waals surface area contributed by atoms with Crippen molar-refractivity contribution in [3.8, 4) is 0 Å². The fourth-order valence-electron chi connectivity index (χ4n) is 2.70. The summed E-state index contributed by atoms with van der Waals surface area (Å²) in [6.07, 6.45) is 1.01. The van der Waals surface area contributed by atoms with E-state index in [0.29, 0.717) is 5.56 Å². The van der Waals surface area contributed by atoms with Gasteiger partial charge >= 0.3 is 0 Å². The zero-order chi connectivity index (χ0) is 14.8. The predicted molar refractivity (Wildman–Crippen MR) is 88.7 cm³/mol. The number of halogens is 1. The Labute approximate surface area is 132 Å². The van der Waals surface area contributed by atoms with E-state index in [0.717, 1.165) is 35.2 Å². The number of hydrogen-bond acceptors (Lipinski definition) is 2. The molecule has 0 atom stereocenters. The minimum Gasteiger partial charge on any atom is -0.322 e. The highest BCUT2D eigenvalue weighted by Crippen LogP contribution is 2.24. The molecule has 108 valence electrons. The fraction of sp³-hybridized carbons (Fsp3) is 0.235. The lowest BCUT2D eigenvalue weighted by atomic mass is 9.99. The van der Waals surface area contributed by atoms with Crippen LogP contribution in [0.1, 0.15) is 27.0 Å². The average molecular weight is 345 g/mol. The van der Waals surface area contributed by atoms with E-state index < -0.39 is 0 Å². The van der Waals surface area contributed by atoms with Crippen LogP contribution in [0.4, 0.5) is 5.69 Å². The minimum absolute atomic E-state index is 0.0565. The summed E-state index contributed by atoms with van der Waals surface area (Å²) in [5.74, 6) is -0.0565. The molecule has 0 aromatic heterocycles. The molecule has 0 saturated carbocycles. The standard InChI is InChI=1S/C17H17BrN2O/c1-11-9-13(18)5-6-14(11)17(21)20-16-4-2-3-12-7-8-19-10-15(12)16/h2-6,9,19H,7-8,10H2,1H3,(H,20,21). The number of carbonyl (C=O) groups excluding carboxylic acids is 1. The number of fused-ring (bicyclic) bond motifs is 1. The molecule has 3 nitrogen and oxygen atoms in total. The van der Waals surface area contributed by atoms with Crippen molar-refractivity contribution in [2.45, 2.75) is 19.9 Å². The molecular weight excluding hydrogens is 328 g/mol. The zero-order valence-corrected chi connectivity index (χ0v) is 13.5. The van der Waals surface area contributed by atoms with Gasteiger partial charge in [0.25, 0.3) is 5.91 Å². The number of rotatable bonds is 2. The summed E-state index contributed by atoms with van der Waals surface area (Å²) in [4.78, 5) is 12.5. The largest absolute Gasteiger partial charge is 0.322 e. The molecule has 0 aliphatic carbocycles. The van der Waals surface area contributed by atoms with Gasteiger partial charge in [-0.15, -0.1) is 0 Å². The third-order valence-corrected chi connectivity index (χ3v) is 4.32. The number of carbonyl (C=O) groups is 1. The second kappa shape index (κ2) is 6.00. The number of nitrogens with one attached hydrogen (secondary N) is 2. The van der Waals surface area contributed by atoms with Gasteiger partial charge in [-0.2, -0.15) is 0 Å². The van der Waals surface area contributed by atoms with Crippen molar-refractivity contribution in [2.75, 3.05) is 11.9 Å². The molecule has 0 saturated heterocycles. The van der Waals surface area contributed by atoms with E-state index in [2.05, 4.69) is 32.6 Å². The third-order valence-electron chi connectivity index (χ3n) is 3.83. The summed E-state index contributed by atoms with van der Waals surface area (Å²) in [6, 6.07) is 11.8. The van der Waals surface area contributed by atoms with E-state index in [1.165, 1.54) is 11.1 Å². The van der Waals surface area contributed by atoms with E-state index in [9.17, 15) is 4.79 Å². The fourth-order valence-corrected chi connectivity index (χ4v) is 3.18. The molecule has 1 aliphatic heterocycles. The number of benzene rings is 2. The molecule has 2 aromatic rings. The summed E-state index contributed by atoms with van der Waals surface area (Å²) in [6.45, 7) is 3.75. The van der Waals surface area contributed by atoms with Crippen molar-refractivity contribution in [2.24, 2.45) is 0 Å². The molecule has 0 bridgehead atoms. The first-order chi connectivity index (χ1) is 10.1. The van der Waals surface area contributed by atoms with Crippen LogP contribution in [0, 0.1) is 6.92 Å². The smallest absolute Gasteiger partial charge is 0.255 e. The van der Waals surface area contributed by atoms with Gasteiger partial charge in [0.1, 0.15) is 0 Å². The van der Waals surface area contributed by atoms with E-state index in [-0.39, 0.29) is 5.91 Å². The third kappa shape index (κ3) is 3.01. The second-order valence-corrected chi connectivity index (χ2v) is 6.20. The van der Waals surface area contributed by atoms with Crippen LogP contribution in [-0.4, -0.2) is 12.5 Å². The van der Waals surface area contributed by atoms with Crippen molar-refractivity contribution in [3.63, 3.8) is 0 Å². The first-order valence-corrected chi connectivity index (χ1v) is 7.83. The summed E-state index contributed by atoms with van der Waals surface area (Å²) >= 11 is 3.42. The molecule has 2 aromatic carbocycles. The topological polar surface area (TPSA) is 41.1 Å². The second-order valence-electron chi connectivity index (χ2n) is 5.28. The Morgan fingerprint density at radius 3 is 2.95 bits per heavy atom. The SMILES string of the molecule is Cc1cc(Br)ccc1C(=O)Nc1cccc2c1CNCC2. The summed E-state index contributed by atoms with van der Waals surface area (Å²) < 4.78 is 0.984. The molecule has 0 fully saturated rings. The van der Waals surface area contributed by atoms with E-state index in [4.69, 9.17) is 0 Å². The molecule has 1 amide bonds. The summed E-state index contributed by atoms with van der Waals surface area (Å²) in [5, 5.41) is 6.41. The van der Waals surface area contributed by atoms with Crippen LogP contribution in [0.15, 0.2) is 40.9 Å². The molecular formula is C17H17BrN2O. The monoisotopic (exact) mass is 344 g/mol. The number of aryl methyl sites for hydroxylation is 1. The van der Waals surface area contributed by atoms with Crippen LogP contribution in [-0.2, 0) is 13.0 Å². The Bertz CT molecular complexity index is 697. The van der Waals surface area contributed by atoms with Crippen LogP contribution < -0.4 is 10.6 Å². The first kappa shape index (κ1) is 14.3. The maximum absolute atomic E-state index is 12.5. The van der Waals surface area contributed by atoms with Gasteiger partial charge in [0, 0.05) is 22.3 Å². The van der Waals surface area contributed by atoms with E-state index >= 15 is 0 Å². The number of amides is 1. The highest BCUT2D eigenvalue weighted by Gasteiger charge is 2.15. The Hall–Kier alpha value is -1.65. The van der Waals surface area contributed by atoms with Gasteiger partial charge < -0.3 is 10.6 Å². The van der Waals surface area contributed by atoms with Gasteiger partial charge in [-0.05, 0) is 60.8 Å². The van der Waals surface area contributed by atoms with Crippen molar-refractivity contribution < 1.29 is 4.79 Å². The highest BCUT2D eigenvalue weighted by atomic mass is 79.9. The van der Waals surface area contributed by atoms with Gasteiger partial charge in [0.15, 0.2) is 0 Å². The van der Waals surface area contributed by atoms with E-state index in [1.54, 1.807) is 0 Å². The molecule has 21 heavy (non-hydrogen) atoms. The molecule has 1 heterocycles. The minimum atomic E-state index is -0.0565. The molecule has 2 N–H and O–H groups in total. The number of anilines is 1. The Kier molecular flexibility index (Phi) is 4.08. The summed E-state index contributed by atoms with van der Waals surface area (Å²) in [7, 11) is 0. The van der Waals surface area contributed by atoms with Gasteiger partial charge in [-0.1, -0.05) is 28.1 Å². The van der Waals surface area contributed by atoms with Crippen LogP contribution in [0.25, 0.3) is 0 Å². The van der Waals surface area contributed by atoms with Crippen LogP contribution in [0.2, 0.25) is 0 Å². The van der Waals surface area contributed by atoms with Crippen molar-refractivity contribution in [1.29, 1.82) is 0 Å². The Morgan fingerprint density at radius 2 is 2.14 bits per heavy atom. The Morgan fingerprint density at radius 1 is 1.29 bits per heavy atom. The molecule has 0 radical (unpaired) electrons. The molecule has 0 spiro atoms. The normalized spacial score (nSPS) is 13.6. The molecule has 0 unspecified atom stereocenters. The average Bonchev–Trinajstić information content (AvgIpc) is 2.47. The maximum atomic E-state index is 12.5. The summed E-state index contributed by atoms with van der Waals surface area (Å²) in [5.41, 5.74) is 5.10. The lowest BCUT2D eigenvalue weighted by Gasteiger charge is -2.20. The van der Waals surface area contributed by atoms with Crippen molar-refractivity contribution in [3.05, 3.63) is 63.1 Å². The molecule has 3 rings (SSSR count). The van der Waals surface area contributed by atoms with Crippen LogP contribution >= 0.6 is 15.9 Å². The van der Waals surface area contributed by atoms with Crippen LogP contribution in [0.5, 0.6) is 0 Å². The molecule has 1 aliphatic rings. The Balaban J connectivity index is 1.88.